The van der Waals surface area contributed by atoms with Gasteiger partial charge in [0.25, 0.3) is 0 Å². The third-order valence-corrected chi connectivity index (χ3v) is 4.62. The molecule has 0 radical (unpaired) electrons. The zero-order chi connectivity index (χ0) is 17.8. The monoisotopic (exact) mass is 354 g/mol. The number of rotatable bonds is 5. The Hall–Kier alpha value is -2.44. The SMILES string of the molecule is CC#C[C@@H](CC(=O)O)c1ccc(OC2CCc3cc(Cl)ccc32)cc1. The van der Waals surface area contributed by atoms with E-state index < -0.39 is 5.97 Å². The number of carboxylic acids is 1. The van der Waals surface area contributed by atoms with Crippen molar-refractivity contribution in [2.75, 3.05) is 0 Å². The highest BCUT2D eigenvalue weighted by molar-refractivity contribution is 6.30. The van der Waals surface area contributed by atoms with E-state index in [1.54, 1.807) is 6.92 Å². The first-order valence-corrected chi connectivity index (χ1v) is 8.63. The van der Waals surface area contributed by atoms with Crippen LogP contribution >= 0.6 is 11.6 Å². The van der Waals surface area contributed by atoms with E-state index in [0.29, 0.717) is 0 Å². The van der Waals surface area contributed by atoms with E-state index >= 15 is 0 Å². The third-order valence-electron chi connectivity index (χ3n) is 4.39. The molecule has 1 N–H and O–H groups in total. The third kappa shape index (κ3) is 4.15. The Balaban J connectivity index is 1.73. The largest absolute Gasteiger partial charge is 0.486 e. The molecule has 0 spiro atoms. The second-order valence-electron chi connectivity index (χ2n) is 6.10. The molecule has 0 heterocycles. The predicted molar refractivity (Wildman–Crippen MR) is 98.0 cm³/mol. The highest BCUT2D eigenvalue weighted by Crippen LogP contribution is 2.36. The summed E-state index contributed by atoms with van der Waals surface area (Å²) in [7, 11) is 0. The van der Waals surface area contributed by atoms with Crippen LogP contribution in [0.15, 0.2) is 42.5 Å². The lowest BCUT2D eigenvalue weighted by molar-refractivity contribution is -0.137. The van der Waals surface area contributed by atoms with Crippen LogP contribution in [0.3, 0.4) is 0 Å². The van der Waals surface area contributed by atoms with Gasteiger partial charge in [-0.3, -0.25) is 4.79 Å². The van der Waals surface area contributed by atoms with Gasteiger partial charge in [-0.2, -0.15) is 0 Å². The molecule has 0 aromatic heterocycles. The second-order valence-corrected chi connectivity index (χ2v) is 6.54. The number of hydrogen-bond donors (Lipinski definition) is 1. The molecular formula is C21H19ClO3. The average molecular weight is 355 g/mol. The molecule has 0 saturated carbocycles. The summed E-state index contributed by atoms with van der Waals surface area (Å²) >= 11 is 6.05. The van der Waals surface area contributed by atoms with Gasteiger partial charge in [0, 0.05) is 5.02 Å². The van der Waals surface area contributed by atoms with Gasteiger partial charge in [0.2, 0.25) is 0 Å². The first-order chi connectivity index (χ1) is 12.1. The Morgan fingerprint density at radius 1 is 1.32 bits per heavy atom. The van der Waals surface area contributed by atoms with E-state index in [2.05, 4.69) is 11.8 Å². The number of hydrogen-bond acceptors (Lipinski definition) is 2. The molecule has 0 aliphatic heterocycles. The number of ether oxygens (including phenoxy) is 1. The maximum Gasteiger partial charge on any atom is 0.304 e. The van der Waals surface area contributed by atoms with Gasteiger partial charge in [-0.15, -0.1) is 5.92 Å². The van der Waals surface area contributed by atoms with Crippen LogP contribution in [0.1, 0.15) is 48.5 Å². The van der Waals surface area contributed by atoms with E-state index in [-0.39, 0.29) is 18.4 Å². The van der Waals surface area contributed by atoms with Gasteiger partial charge in [-0.1, -0.05) is 35.7 Å². The lowest BCUT2D eigenvalue weighted by Gasteiger charge is -2.16. The number of carboxylic acid groups (broad SMARTS) is 1. The van der Waals surface area contributed by atoms with Gasteiger partial charge in [0.15, 0.2) is 0 Å². The van der Waals surface area contributed by atoms with E-state index in [9.17, 15) is 4.79 Å². The topological polar surface area (TPSA) is 46.5 Å². The summed E-state index contributed by atoms with van der Waals surface area (Å²) in [5.41, 5.74) is 3.32. The molecular weight excluding hydrogens is 336 g/mol. The standard InChI is InChI=1S/C21H19ClO3/c1-2-3-15(13-21(23)24)14-4-8-18(9-5-14)25-20-11-6-16-12-17(22)7-10-19(16)20/h4-5,7-10,12,15,20H,6,11,13H2,1H3,(H,23,24)/t15-,20?/m0/s1. The maximum absolute atomic E-state index is 11.0. The zero-order valence-corrected chi connectivity index (χ0v) is 14.7. The van der Waals surface area contributed by atoms with Gasteiger partial charge in [-0.25, -0.2) is 0 Å². The maximum atomic E-state index is 11.0. The summed E-state index contributed by atoms with van der Waals surface area (Å²) in [6.45, 7) is 1.72. The Bertz CT molecular complexity index is 830. The summed E-state index contributed by atoms with van der Waals surface area (Å²) in [6, 6.07) is 13.5. The Labute approximate surface area is 152 Å². The van der Waals surface area contributed by atoms with Crippen molar-refractivity contribution in [2.45, 2.75) is 38.2 Å². The van der Waals surface area contributed by atoms with Crippen LogP contribution in [-0.4, -0.2) is 11.1 Å². The van der Waals surface area contributed by atoms with Gasteiger partial charge in [0.1, 0.15) is 11.9 Å². The molecule has 128 valence electrons. The number of fused-ring (bicyclic) bond motifs is 1. The van der Waals surface area contributed by atoms with Gasteiger partial charge < -0.3 is 9.84 Å². The number of carbonyl (C=O) groups is 1. The minimum Gasteiger partial charge on any atom is -0.486 e. The number of aliphatic carboxylic acids is 1. The van der Waals surface area contributed by atoms with Gasteiger partial charge >= 0.3 is 5.97 Å². The Morgan fingerprint density at radius 3 is 2.76 bits per heavy atom. The molecule has 2 aromatic carbocycles. The molecule has 1 aliphatic carbocycles. The fraction of sp³-hybridized carbons (Fsp3) is 0.286. The Kier molecular flexibility index (Phi) is 5.31. The summed E-state index contributed by atoms with van der Waals surface area (Å²) in [5.74, 6) is 5.38. The van der Waals surface area contributed by atoms with Crippen molar-refractivity contribution in [3.63, 3.8) is 0 Å². The molecule has 0 fully saturated rings. The van der Waals surface area contributed by atoms with Crippen LogP contribution < -0.4 is 4.74 Å². The summed E-state index contributed by atoms with van der Waals surface area (Å²) in [6.07, 6.45) is 1.92. The summed E-state index contributed by atoms with van der Waals surface area (Å²) in [5, 5.41) is 9.78. The second kappa shape index (κ2) is 7.63. The van der Waals surface area contributed by atoms with E-state index in [4.69, 9.17) is 21.4 Å². The van der Waals surface area contributed by atoms with Gasteiger partial charge in [0.05, 0.1) is 12.3 Å². The van der Waals surface area contributed by atoms with Crippen molar-refractivity contribution >= 4 is 17.6 Å². The molecule has 0 amide bonds. The lowest BCUT2D eigenvalue weighted by atomic mass is 9.96. The van der Waals surface area contributed by atoms with Crippen molar-refractivity contribution in [1.82, 2.24) is 0 Å². The first kappa shape index (κ1) is 17.4. The van der Waals surface area contributed by atoms with Crippen molar-refractivity contribution < 1.29 is 14.6 Å². The highest BCUT2D eigenvalue weighted by Gasteiger charge is 2.24. The Morgan fingerprint density at radius 2 is 2.08 bits per heavy atom. The molecule has 1 unspecified atom stereocenters. The summed E-state index contributed by atoms with van der Waals surface area (Å²) < 4.78 is 6.12. The van der Waals surface area contributed by atoms with Crippen molar-refractivity contribution in [3.05, 3.63) is 64.2 Å². The lowest BCUT2D eigenvalue weighted by Crippen LogP contribution is -2.06. The van der Waals surface area contributed by atoms with Crippen LogP contribution in [0.25, 0.3) is 0 Å². The normalized spacial score (nSPS) is 16.5. The van der Waals surface area contributed by atoms with Gasteiger partial charge in [-0.05, 0) is 60.7 Å². The molecule has 0 bridgehead atoms. The van der Waals surface area contributed by atoms with Crippen LogP contribution in [0.5, 0.6) is 5.75 Å². The number of aryl methyl sites for hydroxylation is 1. The first-order valence-electron chi connectivity index (χ1n) is 8.26. The van der Waals surface area contributed by atoms with Crippen molar-refractivity contribution in [2.24, 2.45) is 0 Å². The van der Waals surface area contributed by atoms with Crippen LogP contribution in [0, 0.1) is 11.8 Å². The molecule has 3 nitrogen and oxygen atoms in total. The van der Waals surface area contributed by atoms with Crippen LogP contribution in [-0.2, 0) is 11.2 Å². The molecule has 0 saturated heterocycles. The molecule has 25 heavy (non-hydrogen) atoms. The van der Waals surface area contributed by atoms with Crippen LogP contribution in [0.2, 0.25) is 5.02 Å². The van der Waals surface area contributed by atoms with Crippen LogP contribution in [0.4, 0.5) is 0 Å². The fourth-order valence-electron chi connectivity index (χ4n) is 3.21. The average Bonchev–Trinajstić information content (AvgIpc) is 2.97. The van der Waals surface area contributed by atoms with Crippen molar-refractivity contribution in [1.29, 1.82) is 0 Å². The molecule has 4 heteroatoms. The van der Waals surface area contributed by atoms with Crippen molar-refractivity contribution in [3.8, 4) is 17.6 Å². The fourth-order valence-corrected chi connectivity index (χ4v) is 3.41. The molecule has 1 aliphatic rings. The molecule has 3 rings (SSSR count). The van der Waals surface area contributed by atoms with E-state index in [1.807, 2.05) is 42.5 Å². The number of benzene rings is 2. The minimum absolute atomic E-state index is 0.00218. The highest BCUT2D eigenvalue weighted by atomic mass is 35.5. The quantitative estimate of drug-likeness (QED) is 0.769. The van der Waals surface area contributed by atoms with E-state index in [0.717, 1.165) is 29.2 Å². The number of halogens is 1. The zero-order valence-electron chi connectivity index (χ0n) is 14.0. The summed E-state index contributed by atoms with van der Waals surface area (Å²) in [4.78, 5) is 11.0. The van der Waals surface area contributed by atoms with E-state index in [1.165, 1.54) is 11.1 Å². The molecule has 2 atom stereocenters. The smallest absolute Gasteiger partial charge is 0.304 e. The minimum atomic E-state index is -0.853. The predicted octanol–water partition coefficient (Wildman–Crippen LogP) is 4.99. The molecule has 2 aromatic rings.